The highest BCUT2D eigenvalue weighted by atomic mass is 16.5. The molecule has 1 heterocycles. The Bertz CT molecular complexity index is 182. The Morgan fingerprint density at radius 1 is 1.50 bits per heavy atom. The first kappa shape index (κ1) is 11.5. The normalized spacial score (nSPS) is 20.3. The summed E-state index contributed by atoms with van der Waals surface area (Å²) in [5.41, 5.74) is 0. The zero-order chi connectivity index (χ0) is 10.2. The van der Waals surface area contributed by atoms with Crippen LogP contribution in [-0.4, -0.2) is 50.3 Å². The Morgan fingerprint density at radius 2 is 2.21 bits per heavy atom. The average molecular weight is 196 g/mol. The zero-order valence-corrected chi connectivity index (χ0v) is 8.96. The molecule has 80 valence electrons. The molecular formula is C11H20N2O. The second-order valence-electron chi connectivity index (χ2n) is 3.72. The Kier molecular flexibility index (Phi) is 5.62. The Balaban J connectivity index is 2.06. The Hall–Kier alpha value is -0.560. The van der Waals surface area contributed by atoms with E-state index in [-0.39, 0.29) is 0 Å². The molecule has 0 aromatic carbocycles. The first-order valence-electron chi connectivity index (χ1n) is 5.30. The number of ether oxygens (including phenoxy) is 1. The molecule has 0 amide bonds. The van der Waals surface area contributed by atoms with Gasteiger partial charge in [-0.15, -0.1) is 12.3 Å². The maximum atomic E-state index is 5.29. The lowest BCUT2D eigenvalue weighted by molar-refractivity contribution is 0.0344. The van der Waals surface area contributed by atoms with Crippen LogP contribution in [0.5, 0.6) is 0 Å². The molecule has 1 N–H and O–H groups in total. The Morgan fingerprint density at radius 3 is 2.86 bits per heavy atom. The van der Waals surface area contributed by atoms with Crippen molar-refractivity contribution in [3.8, 4) is 12.3 Å². The van der Waals surface area contributed by atoms with Gasteiger partial charge in [0, 0.05) is 38.6 Å². The van der Waals surface area contributed by atoms with E-state index in [1.54, 1.807) is 0 Å². The van der Waals surface area contributed by atoms with Gasteiger partial charge in [0.25, 0.3) is 0 Å². The van der Waals surface area contributed by atoms with Crippen LogP contribution >= 0.6 is 0 Å². The summed E-state index contributed by atoms with van der Waals surface area (Å²) in [7, 11) is 0. The van der Waals surface area contributed by atoms with E-state index in [9.17, 15) is 0 Å². The standard InChI is InChI=1S/C11H20N2O/c1-3-4-5-12-11(2)10-13-6-8-14-9-7-13/h1,11-12H,4-10H2,2H3. The summed E-state index contributed by atoms with van der Waals surface area (Å²) in [5, 5.41) is 3.41. The summed E-state index contributed by atoms with van der Waals surface area (Å²) < 4.78 is 5.29. The third-order valence-corrected chi connectivity index (χ3v) is 2.40. The van der Waals surface area contributed by atoms with E-state index in [1.165, 1.54) is 0 Å². The van der Waals surface area contributed by atoms with Gasteiger partial charge in [-0.2, -0.15) is 0 Å². The fraction of sp³-hybridized carbons (Fsp3) is 0.818. The minimum atomic E-state index is 0.515. The monoisotopic (exact) mass is 196 g/mol. The van der Waals surface area contributed by atoms with Crippen molar-refractivity contribution in [1.82, 2.24) is 10.2 Å². The summed E-state index contributed by atoms with van der Waals surface area (Å²) in [4.78, 5) is 2.43. The van der Waals surface area contributed by atoms with E-state index in [4.69, 9.17) is 11.2 Å². The predicted octanol–water partition coefficient (Wildman–Crippen LogP) is 0.320. The number of nitrogens with one attached hydrogen (secondary N) is 1. The van der Waals surface area contributed by atoms with Crippen molar-refractivity contribution >= 4 is 0 Å². The maximum absolute atomic E-state index is 5.29. The smallest absolute Gasteiger partial charge is 0.0594 e. The summed E-state index contributed by atoms with van der Waals surface area (Å²) >= 11 is 0. The van der Waals surface area contributed by atoms with Crippen LogP contribution in [-0.2, 0) is 4.74 Å². The van der Waals surface area contributed by atoms with E-state index in [2.05, 4.69) is 23.1 Å². The van der Waals surface area contributed by atoms with E-state index >= 15 is 0 Å². The van der Waals surface area contributed by atoms with Crippen LogP contribution in [0.15, 0.2) is 0 Å². The van der Waals surface area contributed by atoms with Gasteiger partial charge in [0.2, 0.25) is 0 Å². The molecule has 0 aromatic heterocycles. The Labute approximate surface area is 86.8 Å². The molecule has 0 aromatic rings. The minimum absolute atomic E-state index is 0.515. The maximum Gasteiger partial charge on any atom is 0.0594 e. The van der Waals surface area contributed by atoms with Crippen molar-refractivity contribution in [2.24, 2.45) is 0 Å². The molecule has 3 heteroatoms. The molecule has 0 saturated carbocycles. The van der Waals surface area contributed by atoms with Crippen LogP contribution in [0.3, 0.4) is 0 Å². The van der Waals surface area contributed by atoms with E-state index in [0.717, 1.165) is 45.8 Å². The molecule has 0 spiro atoms. The number of hydrogen-bond acceptors (Lipinski definition) is 3. The molecule has 3 nitrogen and oxygen atoms in total. The van der Waals surface area contributed by atoms with Crippen molar-refractivity contribution in [1.29, 1.82) is 0 Å². The zero-order valence-electron chi connectivity index (χ0n) is 8.96. The lowest BCUT2D eigenvalue weighted by atomic mass is 10.2. The number of rotatable bonds is 5. The van der Waals surface area contributed by atoms with E-state index in [0.29, 0.717) is 6.04 Å². The first-order chi connectivity index (χ1) is 6.83. The van der Waals surface area contributed by atoms with Crippen molar-refractivity contribution in [3.05, 3.63) is 0 Å². The van der Waals surface area contributed by atoms with E-state index in [1.807, 2.05) is 0 Å². The van der Waals surface area contributed by atoms with Crippen molar-refractivity contribution in [2.45, 2.75) is 19.4 Å². The lowest BCUT2D eigenvalue weighted by Gasteiger charge is -2.29. The minimum Gasteiger partial charge on any atom is -0.379 e. The van der Waals surface area contributed by atoms with Gasteiger partial charge in [-0.25, -0.2) is 0 Å². The van der Waals surface area contributed by atoms with Crippen LogP contribution in [0.1, 0.15) is 13.3 Å². The highest BCUT2D eigenvalue weighted by Gasteiger charge is 2.12. The molecule has 0 bridgehead atoms. The summed E-state index contributed by atoms with van der Waals surface area (Å²) in [5.74, 6) is 2.63. The molecule has 1 rings (SSSR count). The van der Waals surface area contributed by atoms with Crippen LogP contribution in [0.2, 0.25) is 0 Å². The van der Waals surface area contributed by atoms with Gasteiger partial charge in [-0.1, -0.05) is 0 Å². The van der Waals surface area contributed by atoms with Gasteiger partial charge in [0.15, 0.2) is 0 Å². The van der Waals surface area contributed by atoms with E-state index < -0.39 is 0 Å². The van der Waals surface area contributed by atoms with Crippen molar-refractivity contribution < 1.29 is 4.74 Å². The van der Waals surface area contributed by atoms with Gasteiger partial charge in [0.1, 0.15) is 0 Å². The molecule has 1 aliphatic rings. The quantitative estimate of drug-likeness (QED) is 0.506. The summed E-state index contributed by atoms with van der Waals surface area (Å²) in [6.07, 6.45) is 5.99. The van der Waals surface area contributed by atoms with Crippen LogP contribution in [0.25, 0.3) is 0 Å². The van der Waals surface area contributed by atoms with Gasteiger partial charge >= 0.3 is 0 Å². The van der Waals surface area contributed by atoms with Crippen molar-refractivity contribution in [2.75, 3.05) is 39.4 Å². The lowest BCUT2D eigenvalue weighted by Crippen LogP contribution is -2.44. The van der Waals surface area contributed by atoms with Gasteiger partial charge in [0.05, 0.1) is 13.2 Å². The van der Waals surface area contributed by atoms with Crippen LogP contribution in [0.4, 0.5) is 0 Å². The van der Waals surface area contributed by atoms with Gasteiger partial charge in [-0.3, -0.25) is 4.90 Å². The highest BCUT2D eigenvalue weighted by Crippen LogP contribution is 1.98. The molecule has 0 aliphatic carbocycles. The second-order valence-corrected chi connectivity index (χ2v) is 3.72. The second kappa shape index (κ2) is 6.83. The van der Waals surface area contributed by atoms with Crippen LogP contribution in [0, 0.1) is 12.3 Å². The topological polar surface area (TPSA) is 24.5 Å². The number of hydrogen-bond donors (Lipinski definition) is 1. The molecule has 1 atom stereocenters. The van der Waals surface area contributed by atoms with Crippen molar-refractivity contribution in [3.63, 3.8) is 0 Å². The third-order valence-electron chi connectivity index (χ3n) is 2.40. The first-order valence-corrected chi connectivity index (χ1v) is 5.30. The third kappa shape index (κ3) is 4.61. The SMILES string of the molecule is C#CCCNC(C)CN1CCOCC1. The molecular weight excluding hydrogens is 176 g/mol. The van der Waals surface area contributed by atoms with Crippen LogP contribution < -0.4 is 5.32 Å². The fourth-order valence-corrected chi connectivity index (χ4v) is 1.63. The number of morpholine rings is 1. The number of terminal acetylenes is 1. The fourth-order valence-electron chi connectivity index (χ4n) is 1.63. The molecule has 1 unspecified atom stereocenters. The molecule has 1 fully saturated rings. The molecule has 14 heavy (non-hydrogen) atoms. The molecule has 1 aliphatic heterocycles. The molecule has 0 radical (unpaired) electrons. The summed E-state index contributed by atoms with van der Waals surface area (Å²) in [6, 6.07) is 0.515. The van der Waals surface area contributed by atoms with Gasteiger partial charge < -0.3 is 10.1 Å². The molecule has 1 saturated heterocycles. The highest BCUT2D eigenvalue weighted by molar-refractivity contribution is 4.84. The summed E-state index contributed by atoms with van der Waals surface area (Å²) in [6.45, 7) is 8.07. The predicted molar refractivity (Wildman–Crippen MR) is 58.2 cm³/mol. The van der Waals surface area contributed by atoms with Gasteiger partial charge in [-0.05, 0) is 6.92 Å². The number of nitrogens with zero attached hydrogens (tertiary/aromatic N) is 1. The largest absolute Gasteiger partial charge is 0.379 e. The average Bonchev–Trinajstić information content (AvgIpc) is 2.20.